The number of ether oxygens (including phenoxy) is 2. The van der Waals surface area contributed by atoms with Gasteiger partial charge in [-0.05, 0) is 71.2 Å². The number of H-pyrrole nitrogens is 2. The third kappa shape index (κ3) is 7.89. The first kappa shape index (κ1) is 37.1. The highest BCUT2D eigenvalue weighted by atomic mass is 16.5. The number of aromatic nitrogens is 4. The van der Waals surface area contributed by atoms with E-state index in [1.54, 1.807) is 11.1 Å². The molecule has 2 saturated heterocycles. The van der Waals surface area contributed by atoms with Crippen LogP contribution in [0.25, 0.3) is 44.4 Å². The zero-order chi connectivity index (χ0) is 38.6. The molecule has 0 saturated carbocycles. The number of nitrogens with one attached hydrogen (secondary N) is 4. The van der Waals surface area contributed by atoms with Gasteiger partial charge in [0.1, 0.15) is 24.2 Å². The van der Waals surface area contributed by atoms with Crippen molar-refractivity contribution in [2.24, 2.45) is 5.92 Å². The highest BCUT2D eigenvalue weighted by Crippen LogP contribution is 2.35. The third-order valence-electron chi connectivity index (χ3n) is 10.6. The molecule has 4 amide bonds. The van der Waals surface area contributed by atoms with Crippen LogP contribution in [0.15, 0.2) is 73.1 Å². The van der Waals surface area contributed by atoms with E-state index in [4.69, 9.17) is 4.74 Å². The van der Waals surface area contributed by atoms with Crippen molar-refractivity contribution in [1.29, 1.82) is 0 Å². The van der Waals surface area contributed by atoms with E-state index in [2.05, 4.69) is 96.0 Å². The van der Waals surface area contributed by atoms with E-state index in [9.17, 15) is 19.2 Å². The van der Waals surface area contributed by atoms with Crippen LogP contribution in [0, 0.1) is 5.92 Å². The molecule has 3 aromatic carbocycles. The average molecular weight is 747 g/mol. The molecule has 3 atom stereocenters. The number of rotatable bonds is 10. The zero-order valence-electron chi connectivity index (χ0n) is 31.4. The predicted octanol–water partition coefficient (Wildman–Crippen LogP) is 6.35. The van der Waals surface area contributed by atoms with Gasteiger partial charge in [-0.1, -0.05) is 62.4 Å². The normalized spacial score (nSPS) is 17.4. The van der Waals surface area contributed by atoms with E-state index < -0.39 is 18.2 Å². The van der Waals surface area contributed by atoms with E-state index in [1.807, 2.05) is 24.9 Å². The van der Waals surface area contributed by atoms with Gasteiger partial charge in [-0.25, -0.2) is 19.6 Å². The second kappa shape index (κ2) is 16.0. The maximum absolute atomic E-state index is 13.5. The second-order valence-electron chi connectivity index (χ2n) is 14.4. The van der Waals surface area contributed by atoms with Crippen LogP contribution < -0.4 is 10.6 Å². The number of alkyl carbamates (subject to hydrolysis) is 2. The van der Waals surface area contributed by atoms with Crippen LogP contribution in [0.5, 0.6) is 0 Å². The largest absolute Gasteiger partial charge is 0.453 e. The summed E-state index contributed by atoms with van der Waals surface area (Å²) in [6.45, 7) is 4.88. The Hall–Kier alpha value is -6.18. The summed E-state index contributed by atoms with van der Waals surface area (Å²) >= 11 is 0. The number of fused-ring (bicyclic) bond motifs is 1. The summed E-state index contributed by atoms with van der Waals surface area (Å²) in [5, 5.41) is 7.36. The molecular weight excluding hydrogens is 701 g/mol. The van der Waals surface area contributed by atoms with Crippen molar-refractivity contribution in [3.05, 3.63) is 84.7 Å². The number of hydrogen-bond acceptors (Lipinski definition) is 8. The van der Waals surface area contributed by atoms with E-state index in [0.29, 0.717) is 13.1 Å². The summed E-state index contributed by atoms with van der Waals surface area (Å²) in [6.07, 6.45) is 5.64. The van der Waals surface area contributed by atoms with Gasteiger partial charge >= 0.3 is 12.2 Å². The molecular formula is C41H46N8O6. The Kier molecular flexibility index (Phi) is 10.8. The number of hydrogen-bond donors (Lipinski definition) is 4. The predicted molar refractivity (Wildman–Crippen MR) is 206 cm³/mol. The molecule has 0 unspecified atom stereocenters. The molecule has 0 aliphatic carbocycles. The van der Waals surface area contributed by atoms with Crippen LogP contribution in [-0.2, 0) is 19.1 Å². The van der Waals surface area contributed by atoms with Gasteiger partial charge in [0, 0.05) is 18.7 Å². The van der Waals surface area contributed by atoms with Gasteiger partial charge in [0.2, 0.25) is 11.8 Å². The minimum Gasteiger partial charge on any atom is -0.453 e. The number of carbonyl (C=O) groups excluding carboxylic acids is 4. The van der Waals surface area contributed by atoms with Gasteiger partial charge in [-0.2, -0.15) is 0 Å². The molecule has 0 spiro atoms. The molecule has 2 aliphatic rings. The Morgan fingerprint density at radius 3 is 1.87 bits per heavy atom. The minimum atomic E-state index is -0.685. The standard InChI is InChI=1S/C41H46N8O6/c1-24(2)36(47-41(53)55-4)39(51)49-18-6-8-34(49)38-42-21-31(45-38)26-11-9-25(10-12-26)27-13-14-29-20-30(16-15-28(29)19-27)32-22-43-37(46-32)33-7-5-17-48(33)35(50)23-44-40(52)54-3/h9-16,19-22,24,33-34,36H,5-8,17-18,23H2,1-4H3,(H,42,45)(H,43,46)(H,44,52)(H,47,53)/t33-,34-,36-/m0/s1. The molecule has 7 rings (SSSR count). The summed E-state index contributed by atoms with van der Waals surface area (Å²) < 4.78 is 9.34. The minimum absolute atomic E-state index is 0.102. The lowest BCUT2D eigenvalue weighted by Gasteiger charge is -2.30. The van der Waals surface area contributed by atoms with Crippen LogP contribution in [0.2, 0.25) is 0 Å². The number of aromatic amines is 2. The van der Waals surface area contributed by atoms with Crippen molar-refractivity contribution < 1.29 is 28.7 Å². The third-order valence-corrected chi connectivity index (χ3v) is 10.6. The molecule has 286 valence electrons. The maximum Gasteiger partial charge on any atom is 0.407 e. The number of amides is 4. The smallest absolute Gasteiger partial charge is 0.407 e. The first-order valence-corrected chi connectivity index (χ1v) is 18.6. The summed E-state index contributed by atoms with van der Waals surface area (Å²) in [5.41, 5.74) is 5.88. The van der Waals surface area contributed by atoms with E-state index in [1.165, 1.54) is 14.2 Å². The highest BCUT2D eigenvalue weighted by molar-refractivity contribution is 5.91. The van der Waals surface area contributed by atoms with Crippen LogP contribution in [-0.4, -0.2) is 93.6 Å². The van der Waals surface area contributed by atoms with Crippen LogP contribution >= 0.6 is 0 Å². The summed E-state index contributed by atoms with van der Waals surface area (Å²) in [5.74, 6) is 1.04. The number of likely N-dealkylation sites (tertiary alicyclic amines) is 2. The molecule has 0 bridgehead atoms. The Labute approximate surface area is 319 Å². The molecule has 0 radical (unpaired) electrons. The molecule has 4 heterocycles. The lowest BCUT2D eigenvalue weighted by Crippen LogP contribution is -2.51. The van der Waals surface area contributed by atoms with Crippen molar-refractivity contribution in [1.82, 2.24) is 40.4 Å². The molecule has 2 aromatic heterocycles. The van der Waals surface area contributed by atoms with E-state index >= 15 is 0 Å². The molecule has 5 aromatic rings. The average Bonchev–Trinajstić information content (AvgIpc) is 4.05. The number of benzene rings is 3. The van der Waals surface area contributed by atoms with Gasteiger partial charge < -0.3 is 39.9 Å². The molecule has 55 heavy (non-hydrogen) atoms. The van der Waals surface area contributed by atoms with Gasteiger partial charge in [0.15, 0.2) is 0 Å². The van der Waals surface area contributed by atoms with E-state index in [0.717, 1.165) is 81.7 Å². The Balaban J connectivity index is 1.02. The number of methoxy groups -OCH3 is 2. The number of nitrogens with zero attached hydrogens (tertiary/aromatic N) is 4. The van der Waals surface area contributed by atoms with Crippen molar-refractivity contribution in [2.45, 2.75) is 57.7 Å². The lowest BCUT2D eigenvalue weighted by molar-refractivity contribution is -0.135. The van der Waals surface area contributed by atoms with Crippen LogP contribution in [0.1, 0.15) is 63.3 Å². The van der Waals surface area contributed by atoms with Crippen molar-refractivity contribution in [3.63, 3.8) is 0 Å². The van der Waals surface area contributed by atoms with Crippen molar-refractivity contribution >= 4 is 34.8 Å². The van der Waals surface area contributed by atoms with Gasteiger partial charge in [-0.3, -0.25) is 9.59 Å². The highest BCUT2D eigenvalue weighted by Gasteiger charge is 2.37. The summed E-state index contributed by atoms with van der Waals surface area (Å²) in [6, 6.07) is 20.0. The monoisotopic (exact) mass is 746 g/mol. The SMILES string of the molecule is COC(=O)NCC(=O)N1CCC[C@H]1c1ncc(-c2ccc3cc(-c4ccc(-c5cnc([C@@H]6CCCN6C(=O)[C@@H](NC(=O)OC)C(C)C)[nH]5)cc4)ccc3c2)[nH]1. The Morgan fingerprint density at radius 1 is 0.727 bits per heavy atom. The Bertz CT molecular complexity index is 2190. The van der Waals surface area contributed by atoms with Gasteiger partial charge in [0.05, 0.1) is 50.1 Å². The van der Waals surface area contributed by atoms with Gasteiger partial charge in [-0.15, -0.1) is 0 Å². The molecule has 2 aliphatic heterocycles. The fourth-order valence-corrected chi connectivity index (χ4v) is 7.60. The quantitative estimate of drug-likeness (QED) is 0.128. The van der Waals surface area contributed by atoms with Crippen LogP contribution in [0.3, 0.4) is 0 Å². The molecule has 2 fully saturated rings. The van der Waals surface area contributed by atoms with E-state index in [-0.39, 0.29) is 36.4 Å². The second-order valence-corrected chi connectivity index (χ2v) is 14.4. The Morgan fingerprint density at radius 2 is 1.25 bits per heavy atom. The topological polar surface area (TPSA) is 175 Å². The van der Waals surface area contributed by atoms with Gasteiger partial charge in [0.25, 0.3) is 0 Å². The molecule has 14 nitrogen and oxygen atoms in total. The zero-order valence-corrected chi connectivity index (χ0v) is 31.4. The molecule has 4 N–H and O–H groups in total. The number of imidazole rings is 2. The fourth-order valence-electron chi connectivity index (χ4n) is 7.60. The lowest BCUT2D eigenvalue weighted by atomic mass is 9.98. The summed E-state index contributed by atoms with van der Waals surface area (Å²) in [7, 11) is 2.56. The maximum atomic E-state index is 13.5. The van der Waals surface area contributed by atoms with Crippen molar-refractivity contribution in [3.8, 4) is 33.6 Å². The van der Waals surface area contributed by atoms with Crippen molar-refractivity contribution in [2.75, 3.05) is 33.9 Å². The summed E-state index contributed by atoms with van der Waals surface area (Å²) in [4.78, 5) is 69.5. The van der Waals surface area contributed by atoms with Crippen LogP contribution in [0.4, 0.5) is 9.59 Å². The molecule has 14 heteroatoms. The fraction of sp³-hybridized carbons (Fsp3) is 0.366. The first-order chi connectivity index (χ1) is 26.6. The first-order valence-electron chi connectivity index (χ1n) is 18.6. The number of carbonyl (C=O) groups is 4.